The van der Waals surface area contributed by atoms with Crippen LogP contribution in [0.15, 0.2) is 6.33 Å². The summed E-state index contributed by atoms with van der Waals surface area (Å²) < 4.78 is 1.65. The maximum absolute atomic E-state index is 11.6. The third-order valence-corrected chi connectivity index (χ3v) is 2.53. The molecule has 0 aliphatic heterocycles. The van der Waals surface area contributed by atoms with E-state index in [1.165, 1.54) is 6.33 Å². The lowest BCUT2D eigenvalue weighted by molar-refractivity contribution is -0.137. The van der Waals surface area contributed by atoms with Gasteiger partial charge in [0.15, 0.2) is 5.82 Å². The van der Waals surface area contributed by atoms with E-state index in [0.717, 1.165) is 0 Å². The number of amides is 3. The molecule has 0 aromatic carbocycles. The fraction of sp³-hybridized carbons (Fsp3) is 0.545. The van der Waals surface area contributed by atoms with Crippen molar-refractivity contribution in [3.05, 3.63) is 12.2 Å². The zero-order chi connectivity index (χ0) is 15.1. The second-order valence-corrected chi connectivity index (χ2v) is 4.29. The number of carbonyl (C=O) groups excluding carboxylic acids is 2. The van der Waals surface area contributed by atoms with E-state index in [0.29, 0.717) is 5.82 Å². The first-order valence-corrected chi connectivity index (χ1v) is 6.06. The molecule has 1 aromatic rings. The summed E-state index contributed by atoms with van der Waals surface area (Å²) in [6.45, 7) is 1.71. The van der Waals surface area contributed by atoms with Crippen molar-refractivity contribution in [3.63, 3.8) is 0 Å². The van der Waals surface area contributed by atoms with E-state index in [-0.39, 0.29) is 19.3 Å². The van der Waals surface area contributed by atoms with Gasteiger partial charge in [-0.3, -0.25) is 14.9 Å². The highest BCUT2D eigenvalue weighted by molar-refractivity contribution is 5.94. The van der Waals surface area contributed by atoms with Crippen LogP contribution in [-0.2, 0) is 16.6 Å². The van der Waals surface area contributed by atoms with Crippen molar-refractivity contribution < 1.29 is 19.5 Å². The van der Waals surface area contributed by atoms with Crippen LogP contribution in [0.1, 0.15) is 38.1 Å². The fourth-order valence-corrected chi connectivity index (χ4v) is 1.57. The van der Waals surface area contributed by atoms with Crippen LogP contribution in [0.5, 0.6) is 0 Å². The smallest absolute Gasteiger partial charge is 0.322 e. The van der Waals surface area contributed by atoms with Crippen LogP contribution in [0.25, 0.3) is 0 Å². The average Bonchev–Trinajstić information content (AvgIpc) is 2.74. The molecule has 0 saturated heterocycles. The Hall–Kier alpha value is -2.45. The minimum Gasteiger partial charge on any atom is -0.481 e. The third kappa shape index (κ3) is 5.04. The highest BCUT2D eigenvalue weighted by atomic mass is 16.4. The van der Waals surface area contributed by atoms with Crippen molar-refractivity contribution >= 4 is 17.9 Å². The molecule has 0 bridgehead atoms. The maximum Gasteiger partial charge on any atom is 0.322 e. The Balaban J connectivity index is 2.34. The van der Waals surface area contributed by atoms with Gasteiger partial charge in [-0.05, 0) is 13.3 Å². The number of urea groups is 1. The minimum absolute atomic E-state index is 0.0158. The molecule has 3 amide bonds. The van der Waals surface area contributed by atoms with Gasteiger partial charge in [-0.15, -0.1) is 10.2 Å². The first kappa shape index (κ1) is 15.6. The number of hydrogen-bond donors (Lipinski definition) is 3. The monoisotopic (exact) mass is 283 g/mol. The van der Waals surface area contributed by atoms with E-state index < -0.39 is 23.9 Å². The summed E-state index contributed by atoms with van der Waals surface area (Å²) in [5.74, 6) is -0.939. The van der Waals surface area contributed by atoms with Gasteiger partial charge in [0.25, 0.3) is 0 Å². The molecule has 110 valence electrons. The maximum atomic E-state index is 11.6. The van der Waals surface area contributed by atoms with Gasteiger partial charge in [-0.1, -0.05) is 0 Å². The van der Waals surface area contributed by atoms with Crippen molar-refractivity contribution in [2.24, 2.45) is 7.05 Å². The zero-order valence-electron chi connectivity index (χ0n) is 11.3. The average molecular weight is 283 g/mol. The number of hydrogen-bond acceptors (Lipinski definition) is 5. The topological polar surface area (TPSA) is 126 Å². The third-order valence-electron chi connectivity index (χ3n) is 2.53. The zero-order valence-corrected chi connectivity index (χ0v) is 11.3. The minimum atomic E-state index is -0.974. The Morgan fingerprint density at radius 1 is 1.40 bits per heavy atom. The second kappa shape index (κ2) is 7.22. The van der Waals surface area contributed by atoms with Gasteiger partial charge in [-0.25, -0.2) is 4.79 Å². The molecular formula is C11H17N5O4. The van der Waals surface area contributed by atoms with E-state index >= 15 is 0 Å². The van der Waals surface area contributed by atoms with Crippen LogP contribution in [0.3, 0.4) is 0 Å². The van der Waals surface area contributed by atoms with Crippen LogP contribution < -0.4 is 10.6 Å². The number of aliphatic carboxylic acids is 1. The van der Waals surface area contributed by atoms with Crippen molar-refractivity contribution in [3.8, 4) is 0 Å². The van der Waals surface area contributed by atoms with Crippen molar-refractivity contribution in [1.29, 1.82) is 0 Å². The molecule has 0 aliphatic rings. The standard InChI is InChI=1S/C11H17N5O4/c1-7(10-15-12-6-16(10)2)13-11(20)14-8(17)4-3-5-9(18)19/h6-7H,3-5H2,1-2H3,(H,18,19)(H2,13,14,17,20). The Morgan fingerprint density at radius 2 is 2.10 bits per heavy atom. The predicted octanol–water partition coefficient (Wildman–Crippen LogP) is -0.0432. The molecule has 20 heavy (non-hydrogen) atoms. The van der Waals surface area contributed by atoms with Gasteiger partial charge in [0, 0.05) is 19.9 Å². The van der Waals surface area contributed by atoms with E-state index in [1.807, 2.05) is 0 Å². The molecule has 9 heteroatoms. The predicted molar refractivity (Wildman–Crippen MR) is 67.6 cm³/mol. The molecule has 0 aliphatic carbocycles. The lowest BCUT2D eigenvalue weighted by Gasteiger charge is -2.13. The molecular weight excluding hydrogens is 266 g/mol. The highest BCUT2D eigenvalue weighted by Crippen LogP contribution is 2.06. The van der Waals surface area contributed by atoms with Gasteiger partial charge in [-0.2, -0.15) is 0 Å². The lowest BCUT2D eigenvalue weighted by Crippen LogP contribution is -2.41. The summed E-state index contributed by atoms with van der Waals surface area (Å²) in [4.78, 5) is 33.2. The van der Waals surface area contributed by atoms with Crippen molar-refractivity contribution in [1.82, 2.24) is 25.4 Å². The summed E-state index contributed by atoms with van der Waals surface area (Å²) in [6, 6.07) is -1.06. The van der Waals surface area contributed by atoms with Crippen molar-refractivity contribution in [2.75, 3.05) is 0 Å². The van der Waals surface area contributed by atoms with Crippen LogP contribution in [0.4, 0.5) is 4.79 Å². The second-order valence-electron chi connectivity index (χ2n) is 4.29. The van der Waals surface area contributed by atoms with Gasteiger partial charge < -0.3 is 15.0 Å². The van der Waals surface area contributed by atoms with Crippen LogP contribution in [0.2, 0.25) is 0 Å². The van der Waals surface area contributed by atoms with Crippen molar-refractivity contribution in [2.45, 2.75) is 32.2 Å². The lowest BCUT2D eigenvalue weighted by atomic mass is 10.2. The highest BCUT2D eigenvalue weighted by Gasteiger charge is 2.15. The molecule has 1 atom stereocenters. The van der Waals surface area contributed by atoms with E-state index in [2.05, 4.69) is 20.8 Å². The van der Waals surface area contributed by atoms with Crippen LogP contribution in [0, 0.1) is 0 Å². The van der Waals surface area contributed by atoms with E-state index in [9.17, 15) is 14.4 Å². The number of nitrogens with one attached hydrogen (secondary N) is 2. The number of aryl methyl sites for hydroxylation is 1. The number of carboxylic acid groups (broad SMARTS) is 1. The number of aromatic nitrogens is 3. The first-order chi connectivity index (χ1) is 9.40. The summed E-state index contributed by atoms with van der Waals surface area (Å²) >= 11 is 0. The molecule has 9 nitrogen and oxygen atoms in total. The molecule has 0 radical (unpaired) electrons. The van der Waals surface area contributed by atoms with E-state index in [1.54, 1.807) is 18.5 Å². The van der Waals surface area contributed by atoms with E-state index in [4.69, 9.17) is 5.11 Å². The first-order valence-electron chi connectivity index (χ1n) is 6.06. The number of carbonyl (C=O) groups is 3. The number of rotatable bonds is 6. The summed E-state index contributed by atoms with van der Waals surface area (Å²) in [6.07, 6.45) is 1.57. The summed E-state index contributed by atoms with van der Waals surface area (Å²) in [5.41, 5.74) is 0. The molecule has 1 unspecified atom stereocenters. The Kier molecular flexibility index (Phi) is 5.63. The Labute approximate surface area is 115 Å². The van der Waals surface area contributed by atoms with Crippen LogP contribution in [-0.4, -0.2) is 37.8 Å². The SMILES string of the molecule is CC(NC(=O)NC(=O)CCCC(=O)O)c1nncn1C. The molecule has 0 fully saturated rings. The number of carboxylic acids is 1. The molecule has 1 aromatic heterocycles. The van der Waals surface area contributed by atoms with Gasteiger partial charge >= 0.3 is 12.0 Å². The van der Waals surface area contributed by atoms with Gasteiger partial charge in [0.2, 0.25) is 5.91 Å². The number of nitrogens with zero attached hydrogens (tertiary/aromatic N) is 3. The quantitative estimate of drug-likeness (QED) is 0.672. The molecule has 0 saturated carbocycles. The number of imide groups is 1. The molecule has 3 N–H and O–H groups in total. The fourth-order valence-electron chi connectivity index (χ4n) is 1.57. The Bertz CT molecular complexity index is 499. The molecule has 1 rings (SSSR count). The largest absolute Gasteiger partial charge is 0.481 e. The summed E-state index contributed by atoms with van der Waals surface area (Å²) in [5, 5.41) is 20.6. The molecule has 1 heterocycles. The van der Waals surface area contributed by atoms with Crippen LogP contribution >= 0.6 is 0 Å². The Morgan fingerprint density at radius 3 is 2.65 bits per heavy atom. The van der Waals surface area contributed by atoms with Gasteiger partial charge in [0.05, 0.1) is 6.04 Å². The molecule has 0 spiro atoms. The summed E-state index contributed by atoms with van der Waals surface area (Å²) in [7, 11) is 1.74. The van der Waals surface area contributed by atoms with Gasteiger partial charge in [0.1, 0.15) is 6.33 Å². The normalized spacial score (nSPS) is 11.7.